The summed E-state index contributed by atoms with van der Waals surface area (Å²) in [5.74, 6) is -0.195. The first-order valence-electron chi connectivity index (χ1n) is 6.95. The van der Waals surface area contributed by atoms with Crippen LogP contribution in [-0.2, 0) is 6.54 Å². The smallest absolute Gasteiger partial charge is 0.273 e. The van der Waals surface area contributed by atoms with Crippen molar-refractivity contribution in [2.24, 2.45) is 0 Å². The summed E-state index contributed by atoms with van der Waals surface area (Å²) in [5, 5.41) is 7.06. The highest BCUT2D eigenvalue weighted by Crippen LogP contribution is 2.09. The van der Waals surface area contributed by atoms with E-state index in [1.165, 1.54) is 0 Å². The molecule has 0 radical (unpaired) electrons. The van der Waals surface area contributed by atoms with Crippen molar-refractivity contribution < 1.29 is 4.79 Å². The van der Waals surface area contributed by atoms with Crippen molar-refractivity contribution in [2.75, 3.05) is 31.9 Å². The van der Waals surface area contributed by atoms with Gasteiger partial charge in [-0.1, -0.05) is 20.8 Å². The largest absolute Gasteiger partial charge is 0.396 e. The van der Waals surface area contributed by atoms with E-state index in [2.05, 4.69) is 36.1 Å². The highest BCUT2D eigenvalue weighted by Gasteiger charge is 2.14. The molecule has 1 aromatic rings. The van der Waals surface area contributed by atoms with Crippen molar-refractivity contribution in [3.05, 3.63) is 11.9 Å². The molecule has 1 amide bonds. The van der Waals surface area contributed by atoms with Gasteiger partial charge in [0.1, 0.15) is 0 Å². The summed E-state index contributed by atoms with van der Waals surface area (Å²) in [5.41, 5.74) is 6.57. The molecular weight excluding hydrogens is 242 g/mol. The summed E-state index contributed by atoms with van der Waals surface area (Å²) in [7, 11) is 0. The third-order valence-electron chi connectivity index (χ3n) is 3.07. The van der Waals surface area contributed by atoms with Crippen molar-refractivity contribution in [3.63, 3.8) is 0 Å². The molecule has 0 aromatic carbocycles. The molecule has 0 atom stereocenters. The minimum atomic E-state index is -0.195. The molecule has 0 fully saturated rings. The molecule has 3 N–H and O–H groups in total. The van der Waals surface area contributed by atoms with Gasteiger partial charge in [-0.15, -0.1) is 0 Å². The molecule has 0 aliphatic carbocycles. The van der Waals surface area contributed by atoms with E-state index in [0.717, 1.165) is 32.6 Å². The molecule has 19 heavy (non-hydrogen) atoms. The number of carbonyl (C=O) groups excluding carboxylic acids is 1. The summed E-state index contributed by atoms with van der Waals surface area (Å²) >= 11 is 0. The van der Waals surface area contributed by atoms with Crippen molar-refractivity contribution in [2.45, 2.75) is 33.7 Å². The van der Waals surface area contributed by atoms with E-state index in [1.807, 2.05) is 0 Å². The number of nitrogens with one attached hydrogen (secondary N) is 1. The Morgan fingerprint density at radius 3 is 2.68 bits per heavy atom. The molecule has 1 aromatic heterocycles. The molecule has 108 valence electrons. The zero-order chi connectivity index (χ0) is 14.3. The molecule has 0 aliphatic rings. The minimum absolute atomic E-state index is 0.195. The summed E-state index contributed by atoms with van der Waals surface area (Å²) in [6.07, 6.45) is 2.67. The fourth-order valence-corrected chi connectivity index (χ4v) is 1.91. The maximum absolute atomic E-state index is 12.0. The van der Waals surface area contributed by atoms with Crippen LogP contribution >= 0.6 is 0 Å². The summed E-state index contributed by atoms with van der Waals surface area (Å²) in [4.78, 5) is 14.2. The van der Waals surface area contributed by atoms with Gasteiger partial charge < -0.3 is 16.0 Å². The predicted octanol–water partition coefficient (Wildman–Crippen LogP) is 0.947. The zero-order valence-corrected chi connectivity index (χ0v) is 12.1. The second-order valence-electron chi connectivity index (χ2n) is 4.48. The first-order valence-corrected chi connectivity index (χ1v) is 6.95. The lowest BCUT2D eigenvalue weighted by Crippen LogP contribution is -2.35. The number of rotatable bonds is 8. The number of anilines is 1. The fraction of sp³-hybridized carbons (Fsp3) is 0.692. The molecule has 1 heterocycles. The second kappa shape index (κ2) is 7.78. The first-order chi connectivity index (χ1) is 9.12. The number of aryl methyl sites for hydroxylation is 1. The van der Waals surface area contributed by atoms with Crippen LogP contribution in [0.4, 0.5) is 5.69 Å². The standard InChI is InChI=1S/C13H25N5O/c1-4-8-18-10-11(14)12(16-18)13(19)15-7-9-17(5-2)6-3/h10H,4-9,14H2,1-3H3,(H,15,19). The maximum atomic E-state index is 12.0. The van der Waals surface area contributed by atoms with Crippen LogP contribution in [0.2, 0.25) is 0 Å². The number of amides is 1. The van der Waals surface area contributed by atoms with Gasteiger partial charge in [-0.3, -0.25) is 9.48 Å². The molecule has 0 spiro atoms. The van der Waals surface area contributed by atoms with Crippen LogP contribution in [0.5, 0.6) is 0 Å². The van der Waals surface area contributed by atoms with E-state index in [-0.39, 0.29) is 5.91 Å². The maximum Gasteiger partial charge on any atom is 0.273 e. The van der Waals surface area contributed by atoms with E-state index in [1.54, 1.807) is 10.9 Å². The quantitative estimate of drug-likeness (QED) is 0.735. The van der Waals surface area contributed by atoms with Gasteiger partial charge in [0.2, 0.25) is 0 Å². The third-order valence-corrected chi connectivity index (χ3v) is 3.07. The lowest BCUT2D eigenvalue weighted by atomic mass is 10.3. The number of aromatic nitrogens is 2. The summed E-state index contributed by atoms with van der Waals surface area (Å²) < 4.78 is 1.72. The fourth-order valence-electron chi connectivity index (χ4n) is 1.91. The van der Waals surface area contributed by atoms with Crippen molar-refractivity contribution in [1.82, 2.24) is 20.0 Å². The van der Waals surface area contributed by atoms with Gasteiger partial charge in [0.25, 0.3) is 5.91 Å². The Labute approximate surface area is 114 Å². The Balaban J connectivity index is 2.49. The van der Waals surface area contributed by atoms with Gasteiger partial charge in [0.15, 0.2) is 5.69 Å². The zero-order valence-electron chi connectivity index (χ0n) is 12.1. The van der Waals surface area contributed by atoms with Gasteiger partial charge in [-0.25, -0.2) is 0 Å². The molecule has 0 unspecified atom stereocenters. The van der Waals surface area contributed by atoms with Gasteiger partial charge in [0.05, 0.1) is 5.69 Å². The van der Waals surface area contributed by atoms with Gasteiger partial charge >= 0.3 is 0 Å². The SMILES string of the molecule is CCCn1cc(N)c(C(=O)NCCN(CC)CC)n1. The monoisotopic (exact) mass is 267 g/mol. The molecule has 6 heteroatoms. The molecular formula is C13H25N5O. The normalized spacial score (nSPS) is 10.9. The van der Waals surface area contributed by atoms with Crippen molar-refractivity contribution in [1.29, 1.82) is 0 Å². The van der Waals surface area contributed by atoms with E-state index < -0.39 is 0 Å². The van der Waals surface area contributed by atoms with E-state index in [0.29, 0.717) is 17.9 Å². The summed E-state index contributed by atoms with van der Waals surface area (Å²) in [6.45, 7) is 10.5. The van der Waals surface area contributed by atoms with E-state index in [4.69, 9.17) is 5.73 Å². The van der Waals surface area contributed by atoms with Crippen LogP contribution in [0.1, 0.15) is 37.7 Å². The minimum Gasteiger partial charge on any atom is -0.396 e. The lowest BCUT2D eigenvalue weighted by molar-refractivity contribution is 0.0944. The Hall–Kier alpha value is -1.56. The number of carbonyl (C=O) groups is 1. The Bertz CT molecular complexity index is 398. The van der Waals surface area contributed by atoms with Crippen LogP contribution < -0.4 is 11.1 Å². The van der Waals surface area contributed by atoms with Crippen LogP contribution in [0, 0.1) is 0 Å². The highest BCUT2D eigenvalue weighted by atomic mass is 16.2. The number of nitrogen functional groups attached to an aromatic ring is 1. The predicted molar refractivity (Wildman–Crippen MR) is 77.1 cm³/mol. The topological polar surface area (TPSA) is 76.2 Å². The third kappa shape index (κ3) is 4.55. The van der Waals surface area contributed by atoms with Gasteiger partial charge in [-0.05, 0) is 19.5 Å². The van der Waals surface area contributed by atoms with Gasteiger partial charge in [0, 0.05) is 25.8 Å². The Morgan fingerprint density at radius 2 is 2.11 bits per heavy atom. The number of hydrogen-bond acceptors (Lipinski definition) is 4. The molecule has 0 saturated carbocycles. The molecule has 1 rings (SSSR count). The van der Waals surface area contributed by atoms with Crippen molar-refractivity contribution >= 4 is 11.6 Å². The lowest BCUT2D eigenvalue weighted by Gasteiger charge is -2.17. The second-order valence-corrected chi connectivity index (χ2v) is 4.48. The van der Waals surface area contributed by atoms with Crippen LogP contribution in [-0.4, -0.2) is 46.8 Å². The van der Waals surface area contributed by atoms with Crippen molar-refractivity contribution in [3.8, 4) is 0 Å². The van der Waals surface area contributed by atoms with Crippen LogP contribution in [0.25, 0.3) is 0 Å². The average molecular weight is 267 g/mol. The van der Waals surface area contributed by atoms with Gasteiger partial charge in [-0.2, -0.15) is 5.10 Å². The average Bonchev–Trinajstić information content (AvgIpc) is 2.76. The molecule has 6 nitrogen and oxygen atoms in total. The van der Waals surface area contributed by atoms with Crippen LogP contribution in [0.3, 0.4) is 0 Å². The number of hydrogen-bond donors (Lipinski definition) is 2. The Kier molecular flexibility index (Phi) is 6.35. The molecule has 0 aliphatic heterocycles. The molecule has 0 saturated heterocycles. The first kappa shape index (κ1) is 15.5. The van der Waals surface area contributed by atoms with E-state index >= 15 is 0 Å². The van der Waals surface area contributed by atoms with Crippen LogP contribution in [0.15, 0.2) is 6.20 Å². The summed E-state index contributed by atoms with van der Waals surface area (Å²) in [6, 6.07) is 0. The molecule has 0 bridgehead atoms. The van der Waals surface area contributed by atoms with E-state index in [9.17, 15) is 4.79 Å². The highest BCUT2D eigenvalue weighted by molar-refractivity contribution is 5.96. The Morgan fingerprint density at radius 1 is 1.42 bits per heavy atom. The number of likely N-dealkylation sites (N-methyl/N-ethyl adjacent to an activating group) is 1. The number of nitrogens with zero attached hydrogens (tertiary/aromatic N) is 3. The number of nitrogens with two attached hydrogens (primary N) is 1.